The van der Waals surface area contributed by atoms with E-state index in [9.17, 15) is 13.2 Å². The molecule has 8 heteroatoms. The first kappa shape index (κ1) is 16.6. The Bertz CT molecular complexity index is 542. The molecule has 1 aromatic carbocycles. The van der Waals surface area contributed by atoms with Crippen molar-refractivity contribution in [2.75, 3.05) is 25.6 Å². The van der Waals surface area contributed by atoms with Gasteiger partial charge in [-0.15, -0.1) is 0 Å². The fraction of sp³-hybridized carbons (Fsp3) is 0.417. The van der Waals surface area contributed by atoms with Crippen LogP contribution in [0.1, 0.15) is 6.92 Å². The van der Waals surface area contributed by atoms with E-state index >= 15 is 0 Å². The first-order chi connectivity index (χ1) is 9.34. The summed E-state index contributed by atoms with van der Waals surface area (Å²) >= 11 is 0. The normalized spacial score (nSPS) is 12.9. The number of sulfonamides is 1. The Kier molecular flexibility index (Phi) is 6.08. The zero-order chi connectivity index (χ0) is 15.2. The molecule has 0 saturated carbocycles. The number of amides is 1. The van der Waals surface area contributed by atoms with Gasteiger partial charge in [-0.2, -0.15) is 0 Å². The van der Waals surface area contributed by atoms with E-state index in [0.29, 0.717) is 18.8 Å². The van der Waals surface area contributed by atoms with Crippen LogP contribution in [0.15, 0.2) is 29.2 Å². The quantitative estimate of drug-likeness (QED) is 0.609. The molecule has 0 aliphatic carbocycles. The zero-order valence-corrected chi connectivity index (χ0v) is 12.2. The maximum absolute atomic E-state index is 11.8. The molecule has 1 aromatic rings. The minimum Gasteiger partial charge on any atom is -0.383 e. The summed E-state index contributed by atoms with van der Waals surface area (Å²) in [6.45, 7) is 2.81. The van der Waals surface area contributed by atoms with Gasteiger partial charge in [-0.1, -0.05) is 0 Å². The summed E-state index contributed by atoms with van der Waals surface area (Å²) in [5, 5.41) is 10.6. The minimum atomic E-state index is -3.72. The van der Waals surface area contributed by atoms with E-state index in [-0.39, 0.29) is 16.8 Å². The van der Waals surface area contributed by atoms with Gasteiger partial charge in [-0.3, -0.25) is 4.79 Å². The van der Waals surface area contributed by atoms with Crippen molar-refractivity contribution in [3.8, 4) is 0 Å². The summed E-state index contributed by atoms with van der Waals surface area (Å²) in [6.07, 6.45) is 0. The smallest absolute Gasteiger partial charge is 0.241 e. The average Bonchev–Trinajstić information content (AvgIpc) is 2.38. The number of benzene rings is 1. The summed E-state index contributed by atoms with van der Waals surface area (Å²) in [5.41, 5.74) is 0.503. The average molecular weight is 301 g/mol. The molecule has 1 atom stereocenters. The van der Waals surface area contributed by atoms with Crippen molar-refractivity contribution in [2.45, 2.75) is 17.9 Å². The largest absolute Gasteiger partial charge is 0.383 e. The molecule has 1 rings (SSSR count). The van der Waals surface area contributed by atoms with Crippen LogP contribution < -0.4 is 15.8 Å². The van der Waals surface area contributed by atoms with Gasteiger partial charge in [0.1, 0.15) is 0 Å². The summed E-state index contributed by atoms with van der Waals surface area (Å²) in [6, 6.07) is 5.27. The SMILES string of the molecule is COCCN[C@H](C)C(=O)Nc1ccc(S(N)(=O)=O)cc1. The van der Waals surface area contributed by atoms with Crippen molar-refractivity contribution in [1.29, 1.82) is 0 Å². The number of rotatable bonds is 7. The van der Waals surface area contributed by atoms with Crippen LogP contribution in [0.5, 0.6) is 0 Å². The highest BCUT2D eigenvalue weighted by molar-refractivity contribution is 7.89. The van der Waals surface area contributed by atoms with E-state index in [1.807, 2.05) is 0 Å². The summed E-state index contributed by atoms with van der Waals surface area (Å²) in [4.78, 5) is 11.8. The van der Waals surface area contributed by atoms with E-state index in [0.717, 1.165) is 0 Å². The number of nitrogens with one attached hydrogen (secondary N) is 2. The lowest BCUT2D eigenvalue weighted by molar-refractivity contribution is -0.117. The lowest BCUT2D eigenvalue weighted by atomic mass is 10.2. The molecule has 0 aliphatic heterocycles. The summed E-state index contributed by atoms with van der Waals surface area (Å²) in [7, 11) is -2.14. The van der Waals surface area contributed by atoms with Gasteiger partial charge in [-0.05, 0) is 31.2 Å². The number of anilines is 1. The standard InChI is InChI=1S/C12H19N3O4S/c1-9(14-7-8-19-2)12(16)15-10-3-5-11(6-4-10)20(13,17)18/h3-6,9,14H,7-8H2,1-2H3,(H,15,16)(H2,13,17,18)/t9-/m1/s1. The molecule has 0 bridgehead atoms. The lowest BCUT2D eigenvalue weighted by Crippen LogP contribution is -2.39. The van der Waals surface area contributed by atoms with Crippen LogP contribution in [0.3, 0.4) is 0 Å². The second kappa shape index (κ2) is 7.34. The van der Waals surface area contributed by atoms with Crippen molar-refractivity contribution < 1.29 is 17.9 Å². The molecular weight excluding hydrogens is 282 g/mol. The highest BCUT2D eigenvalue weighted by atomic mass is 32.2. The number of carbonyl (C=O) groups excluding carboxylic acids is 1. The van der Waals surface area contributed by atoms with Gasteiger partial charge in [0.05, 0.1) is 17.5 Å². The van der Waals surface area contributed by atoms with Crippen LogP contribution in [-0.2, 0) is 19.6 Å². The molecule has 112 valence electrons. The monoisotopic (exact) mass is 301 g/mol. The first-order valence-corrected chi connectivity index (χ1v) is 7.55. The number of hydrogen-bond acceptors (Lipinski definition) is 5. The van der Waals surface area contributed by atoms with Gasteiger partial charge in [0.2, 0.25) is 15.9 Å². The van der Waals surface area contributed by atoms with Gasteiger partial charge in [0.25, 0.3) is 0 Å². The highest BCUT2D eigenvalue weighted by Crippen LogP contribution is 2.12. The van der Waals surface area contributed by atoms with Gasteiger partial charge >= 0.3 is 0 Å². The minimum absolute atomic E-state index is 0.00164. The van der Waals surface area contributed by atoms with Crippen LogP contribution in [0.4, 0.5) is 5.69 Å². The zero-order valence-electron chi connectivity index (χ0n) is 11.4. The van der Waals surface area contributed by atoms with Crippen molar-refractivity contribution in [3.63, 3.8) is 0 Å². The molecular formula is C12H19N3O4S. The number of primary sulfonamides is 1. The molecule has 0 aromatic heterocycles. The maximum Gasteiger partial charge on any atom is 0.241 e. The Hall–Kier alpha value is -1.48. The fourth-order valence-corrected chi connectivity index (χ4v) is 1.96. The molecule has 0 fully saturated rings. The molecule has 0 saturated heterocycles. The molecule has 0 radical (unpaired) electrons. The third kappa shape index (κ3) is 5.25. The molecule has 7 nitrogen and oxygen atoms in total. The van der Waals surface area contributed by atoms with Crippen LogP contribution in [0, 0.1) is 0 Å². The Morgan fingerprint density at radius 2 is 1.95 bits per heavy atom. The number of carbonyl (C=O) groups is 1. The molecule has 1 amide bonds. The Morgan fingerprint density at radius 3 is 2.45 bits per heavy atom. The van der Waals surface area contributed by atoms with Crippen LogP contribution in [0.25, 0.3) is 0 Å². The molecule has 20 heavy (non-hydrogen) atoms. The topological polar surface area (TPSA) is 111 Å². The summed E-state index contributed by atoms with van der Waals surface area (Å²) < 4.78 is 27.1. The van der Waals surface area contributed by atoms with Crippen LogP contribution >= 0.6 is 0 Å². The third-order valence-corrected chi connectivity index (χ3v) is 3.53. The lowest BCUT2D eigenvalue weighted by Gasteiger charge is -2.13. The second-order valence-electron chi connectivity index (χ2n) is 4.23. The van der Waals surface area contributed by atoms with E-state index in [1.165, 1.54) is 24.3 Å². The van der Waals surface area contributed by atoms with E-state index < -0.39 is 10.0 Å². The van der Waals surface area contributed by atoms with Crippen molar-refractivity contribution in [1.82, 2.24) is 5.32 Å². The second-order valence-corrected chi connectivity index (χ2v) is 5.79. The van der Waals surface area contributed by atoms with Crippen molar-refractivity contribution in [3.05, 3.63) is 24.3 Å². The van der Waals surface area contributed by atoms with Crippen LogP contribution in [-0.4, -0.2) is 40.6 Å². The van der Waals surface area contributed by atoms with Gasteiger partial charge in [0.15, 0.2) is 0 Å². The Morgan fingerprint density at radius 1 is 1.35 bits per heavy atom. The van der Waals surface area contributed by atoms with E-state index in [4.69, 9.17) is 9.88 Å². The van der Waals surface area contributed by atoms with E-state index in [1.54, 1.807) is 14.0 Å². The van der Waals surface area contributed by atoms with Gasteiger partial charge in [-0.25, -0.2) is 13.6 Å². The molecule has 0 unspecified atom stereocenters. The van der Waals surface area contributed by atoms with Gasteiger partial charge in [0, 0.05) is 19.3 Å². The predicted molar refractivity (Wildman–Crippen MR) is 75.8 cm³/mol. The van der Waals surface area contributed by atoms with Crippen molar-refractivity contribution >= 4 is 21.6 Å². The molecule has 0 aliphatic rings. The van der Waals surface area contributed by atoms with Crippen LogP contribution in [0.2, 0.25) is 0 Å². The van der Waals surface area contributed by atoms with Crippen molar-refractivity contribution in [2.24, 2.45) is 5.14 Å². The number of hydrogen-bond donors (Lipinski definition) is 3. The molecule has 0 spiro atoms. The molecule has 0 heterocycles. The third-order valence-electron chi connectivity index (χ3n) is 2.60. The molecule has 4 N–H and O–H groups in total. The van der Waals surface area contributed by atoms with E-state index in [2.05, 4.69) is 10.6 Å². The number of ether oxygens (including phenoxy) is 1. The first-order valence-electron chi connectivity index (χ1n) is 6.00. The number of nitrogens with two attached hydrogens (primary N) is 1. The Balaban J connectivity index is 2.58. The summed E-state index contributed by atoms with van der Waals surface area (Å²) in [5.74, 6) is -0.218. The fourth-order valence-electron chi connectivity index (χ4n) is 1.45. The maximum atomic E-state index is 11.8. The highest BCUT2D eigenvalue weighted by Gasteiger charge is 2.12. The van der Waals surface area contributed by atoms with Gasteiger partial charge < -0.3 is 15.4 Å². The number of methoxy groups -OCH3 is 1. The predicted octanol–water partition coefficient (Wildman–Crippen LogP) is -0.103. The Labute approximate surface area is 118 Å².